The third-order valence-corrected chi connectivity index (χ3v) is 2.06. The maximum Gasteiger partial charge on any atom is 0.339 e. The van der Waals surface area contributed by atoms with Gasteiger partial charge in [0, 0.05) is 12.1 Å². The number of esters is 1. The Bertz CT molecular complexity index is 420. The molecule has 0 aliphatic carbocycles. The van der Waals surface area contributed by atoms with Crippen molar-refractivity contribution in [3.63, 3.8) is 0 Å². The average molecular weight is 246 g/mol. The minimum atomic E-state index is -1.84. The molecule has 0 bridgehead atoms. The first-order valence-corrected chi connectivity index (χ1v) is 4.88. The molecule has 0 aliphatic rings. The number of rotatable bonds is 4. The molecule has 0 amide bonds. The van der Waals surface area contributed by atoms with E-state index in [4.69, 9.17) is 4.74 Å². The van der Waals surface area contributed by atoms with Gasteiger partial charge in [-0.25, -0.2) is 13.6 Å². The summed E-state index contributed by atoms with van der Waals surface area (Å²) in [7, 11) is 1.18. The highest BCUT2D eigenvalue weighted by Gasteiger charge is 2.26. The Labute approximate surface area is 96.8 Å². The normalized spacial score (nSPS) is 12.1. The molecule has 1 rings (SSSR count). The van der Waals surface area contributed by atoms with Gasteiger partial charge in [-0.2, -0.15) is 0 Å². The summed E-state index contributed by atoms with van der Waals surface area (Å²) in [6.07, 6.45) is -1.84. The Kier molecular flexibility index (Phi) is 4.39. The molecule has 0 radical (unpaired) electrons. The van der Waals surface area contributed by atoms with Crippen molar-refractivity contribution in [3.8, 4) is 5.75 Å². The lowest BCUT2D eigenvalue weighted by molar-refractivity contribution is -0.153. The summed E-state index contributed by atoms with van der Waals surface area (Å²) < 4.78 is 35.6. The molecule has 0 fully saturated rings. The molecule has 1 atom stereocenters. The van der Waals surface area contributed by atoms with Gasteiger partial charge >= 0.3 is 5.97 Å². The summed E-state index contributed by atoms with van der Waals surface area (Å²) in [5, 5.41) is 9.59. The van der Waals surface area contributed by atoms with E-state index in [1.807, 2.05) is 0 Å². The zero-order valence-corrected chi connectivity index (χ0v) is 9.37. The highest BCUT2D eigenvalue weighted by Crippen LogP contribution is 2.29. The van der Waals surface area contributed by atoms with Crippen LogP contribution in [0, 0.1) is 11.6 Å². The second-order valence-corrected chi connectivity index (χ2v) is 3.16. The number of ether oxygens (including phenoxy) is 2. The lowest BCUT2D eigenvalue weighted by atomic mass is 10.1. The predicted octanol–water partition coefficient (Wildman–Crippen LogP) is 1.57. The first kappa shape index (κ1) is 13.4. The van der Waals surface area contributed by atoms with Crippen molar-refractivity contribution < 1.29 is 28.2 Å². The number of benzene rings is 1. The van der Waals surface area contributed by atoms with E-state index in [2.05, 4.69) is 4.74 Å². The number of hydrogen-bond acceptors (Lipinski definition) is 4. The quantitative estimate of drug-likeness (QED) is 0.819. The van der Waals surface area contributed by atoms with Crippen molar-refractivity contribution >= 4 is 5.97 Å². The fourth-order valence-corrected chi connectivity index (χ4v) is 1.33. The molecule has 0 spiro atoms. The van der Waals surface area contributed by atoms with E-state index in [0.29, 0.717) is 6.07 Å². The molecule has 17 heavy (non-hydrogen) atoms. The average Bonchev–Trinajstić information content (AvgIpc) is 2.27. The van der Waals surface area contributed by atoms with Crippen molar-refractivity contribution in [1.82, 2.24) is 0 Å². The topological polar surface area (TPSA) is 55.8 Å². The number of aliphatic hydroxyl groups is 1. The van der Waals surface area contributed by atoms with E-state index in [1.165, 1.54) is 7.11 Å². The number of carbonyl (C=O) groups is 1. The molecule has 1 aromatic carbocycles. The van der Waals surface area contributed by atoms with Crippen LogP contribution < -0.4 is 4.74 Å². The molecule has 94 valence electrons. The van der Waals surface area contributed by atoms with Crippen LogP contribution in [0.4, 0.5) is 8.78 Å². The molecule has 0 aromatic heterocycles. The Morgan fingerprint density at radius 1 is 1.47 bits per heavy atom. The van der Waals surface area contributed by atoms with Crippen LogP contribution in [0.5, 0.6) is 5.75 Å². The smallest absolute Gasteiger partial charge is 0.339 e. The van der Waals surface area contributed by atoms with E-state index < -0.39 is 29.3 Å². The number of methoxy groups -OCH3 is 1. The van der Waals surface area contributed by atoms with Crippen molar-refractivity contribution in [2.24, 2.45) is 0 Å². The summed E-state index contributed by atoms with van der Waals surface area (Å²) >= 11 is 0. The van der Waals surface area contributed by atoms with Crippen LogP contribution in [0.2, 0.25) is 0 Å². The van der Waals surface area contributed by atoms with Crippen LogP contribution in [-0.2, 0) is 9.53 Å². The number of aliphatic hydroxyl groups excluding tert-OH is 1. The summed E-state index contributed by atoms with van der Waals surface area (Å²) in [6.45, 7) is 1.59. The number of hydrogen-bond donors (Lipinski definition) is 1. The van der Waals surface area contributed by atoms with Gasteiger partial charge in [0.15, 0.2) is 6.10 Å². The van der Waals surface area contributed by atoms with Gasteiger partial charge in [-0.05, 0) is 6.92 Å². The monoisotopic (exact) mass is 246 g/mol. The molecule has 4 nitrogen and oxygen atoms in total. The Hall–Kier alpha value is -1.69. The minimum Gasteiger partial charge on any atom is -0.496 e. The Balaban J connectivity index is 3.16. The third kappa shape index (κ3) is 2.91. The fraction of sp³-hybridized carbons (Fsp3) is 0.364. The predicted molar refractivity (Wildman–Crippen MR) is 54.5 cm³/mol. The number of halogens is 2. The van der Waals surface area contributed by atoms with Gasteiger partial charge in [0.25, 0.3) is 0 Å². The van der Waals surface area contributed by atoms with E-state index >= 15 is 0 Å². The van der Waals surface area contributed by atoms with Crippen molar-refractivity contribution in [3.05, 3.63) is 29.3 Å². The van der Waals surface area contributed by atoms with Gasteiger partial charge < -0.3 is 14.6 Å². The SMILES string of the molecule is CCOC(=O)C(O)c1c(F)cc(F)cc1OC. The van der Waals surface area contributed by atoms with Crippen LogP contribution in [0.3, 0.4) is 0 Å². The van der Waals surface area contributed by atoms with Gasteiger partial charge in [0.05, 0.1) is 19.3 Å². The van der Waals surface area contributed by atoms with Crippen molar-refractivity contribution in [1.29, 1.82) is 0 Å². The van der Waals surface area contributed by atoms with Gasteiger partial charge in [-0.1, -0.05) is 0 Å². The molecule has 6 heteroatoms. The Morgan fingerprint density at radius 2 is 2.12 bits per heavy atom. The standard InChI is InChI=1S/C11H12F2O4/c1-3-17-11(15)10(14)9-7(13)4-6(12)5-8(9)16-2/h4-5,10,14H,3H2,1-2H3. The highest BCUT2D eigenvalue weighted by atomic mass is 19.1. The second-order valence-electron chi connectivity index (χ2n) is 3.16. The largest absolute Gasteiger partial charge is 0.496 e. The molecule has 0 heterocycles. The minimum absolute atomic E-state index is 0.0427. The van der Waals surface area contributed by atoms with Gasteiger partial charge in [0.2, 0.25) is 0 Å². The zero-order valence-electron chi connectivity index (χ0n) is 9.37. The van der Waals surface area contributed by atoms with E-state index in [9.17, 15) is 18.7 Å². The van der Waals surface area contributed by atoms with Crippen molar-refractivity contribution in [2.75, 3.05) is 13.7 Å². The van der Waals surface area contributed by atoms with Crippen LogP contribution >= 0.6 is 0 Å². The molecule has 1 N–H and O–H groups in total. The molecule has 0 aliphatic heterocycles. The van der Waals surface area contributed by atoms with Crippen LogP contribution in [-0.4, -0.2) is 24.8 Å². The van der Waals surface area contributed by atoms with Gasteiger partial charge in [-0.3, -0.25) is 0 Å². The fourth-order valence-electron chi connectivity index (χ4n) is 1.33. The van der Waals surface area contributed by atoms with Crippen LogP contribution in [0.1, 0.15) is 18.6 Å². The maximum absolute atomic E-state index is 13.5. The lowest BCUT2D eigenvalue weighted by Gasteiger charge is -2.14. The van der Waals surface area contributed by atoms with Crippen LogP contribution in [0.15, 0.2) is 12.1 Å². The first-order chi connectivity index (χ1) is 8.01. The van der Waals surface area contributed by atoms with Gasteiger partial charge in [-0.15, -0.1) is 0 Å². The number of carbonyl (C=O) groups excluding carboxylic acids is 1. The molecule has 0 saturated carbocycles. The summed E-state index contributed by atoms with van der Waals surface area (Å²) in [4.78, 5) is 11.3. The van der Waals surface area contributed by atoms with Gasteiger partial charge in [0.1, 0.15) is 17.4 Å². The lowest BCUT2D eigenvalue weighted by Crippen LogP contribution is -2.17. The first-order valence-electron chi connectivity index (χ1n) is 4.88. The molecule has 1 unspecified atom stereocenters. The summed E-state index contributed by atoms with van der Waals surface area (Å²) in [5.74, 6) is -3.19. The van der Waals surface area contributed by atoms with E-state index in [-0.39, 0.29) is 12.4 Å². The maximum atomic E-state index is 13.5. The van der Waals surface area contributed by atoms with Crippen LogP contribution in [0.25, 0.3) is 0 Å². The summed E-state index contributed by atoms with van der Waals surface area (Å²) in [5.41, 5.74) is -0.438. The Morgan fingerprint density at radius 3 is 2.65 bits per heavy atom. The summed E-state index contributed by atoms with van der Waals surface area (Å²) in [6, 6.07) is 1.43. The zero-order chi connectivity index (χ0) is 13.0. The third-order valence-electron chi connectivity index (χ3n) is 2.06. The van der Waals surface area contributed by atoms with Crippen molar-refractivity contribution in [2.45, 2.75) is 13.0 Å². The molecule has 1 aromatic rings. The van der Waals surface area contributed by atoms with E-state index in [0.717, 1.165) is 6.07 Å². The molecule has 0 saturated heterocycles. The highest BCUT2D eigenvalue weighted by molar-refractivity contribution is 5.77. The second kappa shape index (κ2) is 5.58. The molecular formula is C11H12F2O4. The molecular weight excluding hydrogens is 234 g/mol. The van der Waals surface area contributed by atoms with E-state index in [1.54, 1.807) is 6.92 Å².